The van der Waals surface area contributed by atoms with Gasteiger partial charge in [-0.25, -0.2) is 12.7 Å². The molecular formula is C14H15NO3S2. The molecule has 0 amide bonds. The van der Waals surface area contributed by atoms with Crippen molar-refractivity contribution in [1.82, 2.24) is 4.31 Å². The molecule has 0 aliphatic rings. The van der Waals surface area contributed by atoms with Crippen LogP contribution < -0.4 is 0 Å². The summed E-state index contributed by atoms with van der Waals surface area (Å²) >= 11 is 1.37. The fraction of sp³-hybridized carbons (Fsp3) is 0.214. The molecule has 0 unspecified atom stereocenters. The Hall–Kier alpha value is -1.50. The SMILES string of the molecule is CN(CCC(=O)c1cccs1)S(=O)(=O)c1ccccc1. The van der Waals surface area contributed by atoms with Crippen LogP contribution in [0.25, 0.3) is 0 Å². The number of Topliss-reactive ketones (excluding diaryl/α,β-unsaturated/α-hetero) is 1. The van der Waals surface area contributed by atoms with Gasteiger partial charge in [-0.15, -0.1) is 11.3 Å². The minimum Gasteiger partial charge on any atom is -0.293 e. The maximum atomic E-state index is 12.2. The minimum absolute atomic E-state index is 0.0323. The number of carbonyl (C=O) groups excluding carboxylic acids is 1. The highest BCUT2D eigenvalue weighted by Gasteiger charge is 2.21. The molecule has 20 heavy (non-hydrogen) atoms. The van der Waals surface area contributed by atoms with Gasteiger partial charge in [0.1, 0.15) is 0 Å². The van der Waals surface area contributed by atoms with Crippen molar-refractivity contribution in [3.63, 3.8) is 0 Å². The van der Waals surface area contributed by atoms with Gasteiger partial charge in [0.05, 0.1) is 9.77 Å². The van der Waals surface area contributed by atoms with Gasteiger partial charge in [-0.05, 0) is 23.6 Å². The van der Waals surface area contributed by atoms with Crippen molar-refractivity contribution in [2.24, 2.45) is 0 Å². The second-order valence-electron chi connectivity index (χ2n) is 4.29. The Kier molecular flexibility index (Phi) is 4.69. The number of hydrogen-bond donors (Lipinski definition) is 0. The summed E-state index contributed by atoms with van der Waals surface area (Å²) in [6.45, 7) is 0.175. The van der Waals surface area contributed by atoms with Crippen molar-refractivity contribution >= 4 is 27.1 Å². The van der Waals surface area contributed by atoms with E-state index in [1.807, 2.05) is 11.4 Å². The van der Waals surface area contributed by atoms with E-state index >= 15 is 0 Å². The van der Waals surface area contributed by atoms with Crippen molar-refractivity contribution in [2.75, 3.05) is 13.6 Å². The Morgan fingerprint density at radius 1 is 1.15 bits per heavy atom. The molecule has 0 atom stereocenters. The highest BCUT2D eigenvalue weighted by Crippen LogP contribution is 2.15. The smallest absolute Gasteiger partial charge is 0.242 e. The molecule has 0 spiro atoms. The second kappa shape index (κ2) is 6.30. The number of thiophene rings is 1. The summed E-state index contributed by atoms with van der Waals surface area (Å²) < 4.78 is 25.7. The Bertz CT molecular complexity index is 664. The molecule has 1 aromatic heterocycles. The lowest BCUT2D eigenvalue weighted by Crippen LogP contribution is -2.29. The molecule has 2 rings (SSSR count). The maximum Gasteiger partial charge on any atom is 0.242 e. The van der Waals surface area contributed by atoms with Crippen LogP contribution in [0.5, 0.6) is 0 Å². The van der Waals surface area contributed by atoms with Crippen LogP contribution in [0.4, 0.5) is 0 Å². The molecule has 0 saturated heterocycles. The molecule has 106 valence electrons. The standard InChI is InChI=1S/C14H15NO3S2/c1-15(10-9-13(16)14-8-5-11-19-14)20(17,18)12-6-3-2-4-7-12/h2-8,11H,9-10H2,1H3. The number of hydrogen-bond acceptors (Lipinski definition) is 4. The Morgan fingerprint density at radius 2 is 1.85 bits per heavy atom. The van der Waals surface area contributed by atoms with E-state index in [1.165, 1.54) is 22.7 Å². The first-order valence-corrected chi connectivity index (χ1v) is 8.42. The third kappa shape index (κ3) is 3.33. The van der Waals surface area contributed by atoms with Crippen molar-refractivity contribution in [2.45, 2.75) is 11.3 Å². The lowest BCUT2D eigenvalue weighted by Gasteiger charge is -2.16. The second-order valence-corrected chi connectivity index (χ2v) is 7.28. The van der Waals surface area contributed by atoms with E-state index in [9.17, 15) is 13.2 Å². The van der Waals surface area contributed by atoms with E-state index in [1.54, 1.807) is 36.4 Å². The number of sulfonamides is 1. The zero-order valence-electron chi connectivity index (χ0n) is 11.0. The molecule has 0 radical (unpaired) electrons. The van der Waals surface area contributed by atoms with Gasteiger partial charge in [0, 0.05) is 20.0 Å². The normalized spacial score (nSPS) is 11.7. The Balaban J connectivity index is 2.02. The van der Waals surface area contributed by atoms with Gasteiger partial charge in [-0.3, -0.25) is 4.79 Å². The van der Waals surface area contributed by atoms with E-state index in [0.29, 0.717) is 4.88 Å². The highest BCUT2D eigenvalue weighted by atomic mass is 32.2. The fourth-order valence-electron chi connectivity index (χ4n) is 1.71. The van der Waals surface area contributed by atoms with Crippen molar-refractivity contribution < 1.29 is 13.2 Å². The van der Waals surface area contributed by atoms with Crippen LogP contribution in [-0.2, 0) is 10.0 Å². The van der Waals surface area contributed by atoms with E-state index in [4.69, 9.17) is 0 Å². The summed E-state index contributed by atoms with van der Waals surface area (Å²) in [5, 5.41) is 1.83. The predicted octanol–water partition coefficient (Wildman–Crippen LogP) is 2.64. The molecule has 2 aromatic rings. The monoisotopic (exact) mass is 309 g/mol. The number of benzene rings is 1. The fourth-order valence-corrected chi connectivity index (χ4v) is 3.60. The number of nitrogens with zero attached hydrogens (tertiary/aromatic N) is 1. The summed E-state index contributed by atoms with van der Waals surface area (Å²) in [4.78, 5) is 12.8. The maximum absolute atomic E-state index is 12.2. The molecular weight excluding hydrogens is 294 g/mol. The Morgan fingerprint density at radius 3 is 2.45 bits per heavy atom. The summed E-state index contributed by atoms with van der Waals surface area (Å²) in [7, 11) is -2.03. The molecule has 1 heterocycles. The molecule has 6 heteroatoms. The molecule has 4 nitrogen and oxygen atoms in total. The van der Waals surface area contributed by atoms with Gasteiger partial charge in [-0.1, -0.05) is 24.3 Å². The number of ketones is 1. The van der Waals surface area contributed by atoms with Crippen LogP contribution in [0.15, 0.2) is 52.7 Å². The largest absolute Gasteiger partial charge is 0.293 e. The molecule has 0 aliphatic carbocycles. The zero-order chi connectivity index (χ0) is 14.6. The van der Waals surface area contributed by atoms with Crippen LogP contribution in [0.3, 0.4) is 0 Å². The first-order valence-electron chi connectivity index (χ1n) is 6.10. The minimum atomic E-state index is -3.52. The van der Waals surface area contributed by atoms with Gasteiger partial charge in [-0.2, -0.15) is 0 Å². The van der Waals surface area contributed by atoms with Crippen molar-refractivity contribution in [3.05, 3.63) is 52.7 Å². The lowest BCUT2D eigenvalue weighted by molar-refractivity contribution is 0.0981. The summed E-state index contributed by atoms with van der Waals surface area (Å²) in [5.74, 6) is -0.0323. The van der Waals surface area contributed by atoms with Crippen LogP contribution >= 0.6 is 11.3 Å². The molecule has 0 bridgehead atoms. The summed E-state index contributed by atoms with van der Waals surface area (Å²) in [6, 6.07) is 11.8. The molecule has 1 aromatic carbocycles. The quantitative estimate of drug-likeness (QED) is 0.771. The van der Waals surface area contributed by atoms with E-state index in [0.717, 1.165) is 0 Å². The number of rotatable bonds is 6. The molecule has 0 fully saturated rings. The predicted molar refractivity (Wildman–Crippen MR) is 79.5 cm³/mol. The first-order chi connectivity index (χ1) is 9.51. The van der Waals surface area contributed by atoms with E-state index < -0.39 is 10.0 Å². The Labute approximate surface area is 122 Å². The van der Waals surface area contributed by atoms with E-state index in [2.05, 4.69) is 0 Å². The zero-order valence-corrected chi connectivity index (χ0v) is 12.7. The topological polar surface area (TPSA) is 54.5 Å². The summed E-state index contributed by atoms with van der Waals surface area (Å²) in [6.07, 6.45) is 0.184. The third-order valence-corrected chi connectivity index (χ3v) is 5.68. The number of carbonyl (C=O) groups is 1. The van der Waals surface area contributed by atoms with Crippen LogP contribution in [-0.4, -0.2) is 32.1 Å². The molecule has 0 saturated carbocycles. The van der Waals surface area contributed by atoms with Gasteiger partial charge >= 0.3 is 0 Å². The van der Waals surface area contributed by atoms with Crippen LogP contribution in [0, 0.1) is 0 Å². The average molecular weight is 309 g/mol. The van der Waals surface area contributed by atoms with Crippen molar-refractivity contribution in [1.29, 1.82) is 0 Å². The first kappa shape index (κ1) is 14.9. The van der Waals surface area contributed by atoms with Crippen LogP contribution in [0.2, 0.25) is 0 Å². The third-order valence-electron chi connectivity index (χ3n) is 2.90. The van der Waals surface area contributed by atoms with Gasteiger partial charge in [0.15, 0.2) is 5.78 Å². The van der Waals surface area contributed by atoms with Crippen molar-refractivity contribution in [3.8, 4) is 0 Å². The summed E-state index contributed by atoms with van der Waals surface area (Å²) in [5.41, 5.74) is 0. The highest BCUT2D eigenvalue weighted by molar-refractivity contribution is 7.89. The van der Waals surface area contributed by atoms with Crippen LogP contribution in [0.1, 0.15) is 16.1 Å². The lowest BCUT2D eigenvalue weighted by atomic mass is 10.2. The molecule has 0 aliphatic heterocycles. The molecule has 0 N–H and O–H groups in total. The van der Waals surface area contributed by atoms with Gasteiger partial charge in [0.25, 0.3) is 0 Å². The average Bonchev–Trinajstić information content (AvgIpc) is 2.99. The van der Waals surface area contributed by atoms with Gasteiger partial charge < -0.3 is 0 Å². The van der Waals surface area contributed by atoms with E-state index in [-0.39, 0.29) is 23.6 Å². The van der Waals surface area contributed by atoms with Gasteiger partial charge in [0.2, 0.25) is 10.0 Å².